The first-order chi connectivity index (χ1) is 11.4. The van der Waals surface area contributed by atoms with Crippen LogP contribution in [0.1, 0.15) is 32.1 Å². The van der Waals surface area contributed by atoms with Crippen LogP contribution >= 0.6 is 11.6 Å². The molecule has 2 rings (SSSR count). The van der Waals surface area contributed by atoms with Crippen molar-refractivity contribution in [3.8, 4) is 0 Å². The molecule has 1 heterocycles. The van der Waals surface area contributed by atoms with Crippen molar-refractivity contribution in [1.29, 1.82) is 0 Å². The molecule has 1 aliphatic rings. The molecule has 0 saturated carbocycles. The third kappa shape index (κ3) is 4.67. The van der Waals surface area contributed by atoms with E-state index in [1.807, 2.05) is 0 Å². The molecule has 6 nitrogen and oxygen atoms in total. The number of benzene rings is 1. The predicted octanol–water partition coefficient (Wildman–Crippen LogP) is 2.35. The average Bonchev–Trinajstić information content (AvgIpc) is 2.87. The Bertz CT molecular complexity index is 653. The number of aliphatic carboxylic acids is 1. The van der Waals surface area contributed by atoms with E-state index in [2.05, 4.69) is 5.32 Å². The summed E-state index contributed by atoms with van der Waals surface area (Å²) in [6, 6.07) is 3.49. The van der Waals surface area contributed by atoms with Gasteiger partial charge in [-0.1, -0.05) is 11.6 Å². The Kier molecular flexibility index (Phi) is 6.14. The van der Waals surface area contributed by atoms with Gasteiger partial charge in [0.05, 0.1) is 5.02 Å². The van der Waals surface area contributed by atoms with Gasteiger partial charge in [-0.2, -0.15) is 0 Å². The smallest absolute Gasteiger partial charge is 0.303 e. The standard InChI is InChI=1S/C16H18ClFN2O4/c17-11-6-5-10(9-12(11)18)20-8-7-13(16(20)24)19-14(21)3-1-2-4-15(22)23/h5-6,9,13H,1-4,7-8H2,(H,19,21)(H,22,23). The van der Waals surface area contributed by atoms with Gasteiger partial charge in [0.25, 0.3) is 0 Å². The lowest BCUT2D eigenvalue weighted by molar-refractivity contribution is -0.137. The number of nitrogens with zero attached hydrogens (tertiary/aromatic N) is 1. The van der Waals surface area contributed by atoms with Crippen molar-refractivity contribution in [3.05, 3.63) is 29.0 Å². The van der Waals surface area contributed by atoms with Gasteiger partial charge in [-0.25, -0.2) is 4.39 Å². The van der Waals surface area contributed by atoms with Crippen LogP contribution in [0.2, 0.25) is 5.02 Å². The van der Waals surface area contributed by atoms with Gasteiger partial charge in [0.15, 0.2) is 0 Å². The van der Waals surface area contributed by atoms with Crippen molar-refractivity contribution >= 4 is 35.1 Å². The molecule has 1 saturated heterocycles. The number of carbonyl (C=O) groups excluding carboxylic acids is 2. The summed E-state index contributed by atoms with van der Waals surface area (Å²) in [6.07, 6.45) is 1.49. The SMILES string of the molecule is O=C(O)CCCCC(=O)NC1CCN(c2ccc(Cl)c(F)c2)C1=O. The second kappa shape index (κ2) is 8.10. The molecule has 130 valence electrons. The van der Waals surface area contributed by atoms with Crippen LogP contribution in [0.5, 0.6) is 0 Å². The van der Waals surface area contributed by atoms with Crippen LogP contribution in [0.3, 0.4) is 0 Å². The van der Waals surface area contributed by atoms with E-state index in [4.69, 9.17) is 16.7 Å². The molecule has 2 amide bonds. The van der Waals surface area contributed by atoms with Crippen molar-refractivity contribution in [2.45, 2.75) is 38.1 Å². The summed E-state index contributed by atoms with van der Waals surface area (Å²) < 4.78 is 13.5. The zero-order valence-corrected chi connectivity index (χ0v) is 13.7. The van der Waals surface area contributed by atoms with Crippen molar-refractivity contribution in [1.82, 2.24) is 5.32 Å². The van der Waals surface area contributed by atoms with Crippen LogP contribution in [0, 0.1) is 5.82 Å². The second-order valence-electron chi connectivity index (χ2n) is 5.60. The largest absolute Gasteiger partial charge is 0.481 e. The fourth-order valence-electron chi connectivity index (χ4n) is 2.55. The Morgan fingerprint density at radius 1 is 1.33 bits per heavy atom. The third-order valence-corrected chi connectivity index (χ3v) is 4.11. The number of amides is 2. The van der Waals surface area contributed by atoms with E-state index in [1.165, 1.54) is 17.0 Å². The second-order valence-corrected chi connectivity index (χ2v) is 6.01. The number of carboxylic acid groups (broad SMARTS) is 1. The summed E-state index contributed by atoms with van der Waals surface area (Å²) in [5.74, 6) is -2.08. The fourth-order valence-corrected chi connectivity index (χ4v) is 2.67. The molecule has 1 aliphatic heterocycles. The van der Waals surface area contributed by atoms with E-state index in [0.29, 0.717) is 31.5 Å². The van der Waals surface area contributed by atoms with Gasteiger partial charge >= 0.3 is 5.97 Å². The quantitative estimate of drug-likeness (QED) is 0.734. The van der Waals surface area contributed by atoms with E-state index >= 15 is 0 Å². The third-order valence-electron chi connectivity index (χ3n) is 3.80. The zero-order valence-electron chi connectivity index (χ0n) is 12.9. The lowest BCUT2D eigenvalue weighted by Crippen LogP contribution is -2.41. The summed E-state index contributed by atoms with van der Waals surface area (Å²) in [4.78, 5) is 36.0. The molecule has 2 N–H and O–H groups in total. The Hall–Kier alpha value is -2.15. The molecule has 0 spiro atoms. The van der Waals surface area contributed by atoms with E-state index in [1.54, 1.807) is 6.07 Å². The normalized spacial score (nSPS) is 17.2. The maximum absolute atomic E-state index is 13.5. The predicted molar refractivity (Wildman–Crippen MR) is 86.4 cm³/mol. The highest BCUT2D eigenvalue weighted by Gasteiger charge is 2.33. The van der Waals surface area contributed by atoms with Crippen LogP contribution in [0.4, 0.5) is 10.1 Å². The highest BCUT2D eigenvalue weighted by atomic mass is 35.5. The van der Waals surface area contributed by atoms with Gasteiger partial charge in [0, 0.05) is 25.1 Å². The Labute approximate surface area is 143 Å². The number of unbranched alkanes of at least 4 members (excludes halogenated alkanes) is 1. The molecular weight excluding hydrogens is 339 g/mol. The highest BCUT2D eigenvalue weighted by molar-refractivity contribution is 6.30. The fraction of sp³-hybridized carbons (Fsp3) is 0.438. The molecule has 1 unspecified atom stereocenters. The molecule has 0 bridgehead atoms. The molecule has 1 fully saturated rings. The van der Waals surface area contributed by atoms with Crippen molar-refractivity contribution in [2.24, 2.45) is 0 Å². The number of hydrogen-bond donors (Lipinski definition) is 2. The number of carbonyl (C=O) groups is 3. The summed E-state index contributed by atoms with van der Waals surface area (Å²) in [7, 11) is 0. The minimum absolute atomic E-state index is 0.0170. The number of rotatable bonds is 7. The molecule has 0 radical (unpaired) electrons. The summed E-state index contributed by atoms with van der Waals surface area (Å²) in [5, 5.41) is 11.2. The van der Waals surface area contributed by atoms with Gasteiger partial charge in [0.2, 0.25) is 11.8 Å². The van der Waals surface area contributed by atoms with E-state index in [9.17, 15) is 18.8 Å². The number of halogens is 2. The first kappa shape index (κ1) is 18.2. The number of hydrogen-bond acceptors (Lipinski definition) is 3. The van der Waals surface area contributed by atoms with Crippen LogP contribution in [0.15, 0.2) is 18.2 Å². The van der Waals surface area contributed by atoms with Crippen molar-refractivity contribution in [3.63, 3.8) is 0 Å². The molecule has 0 aromatic heterocycles. The average molecular weight is 357 g/mol. The van der Waals surface area contributed by atoms with E-state index < -0.39 is 17.8 Å². The van der Waals surface area contributed by atoms with Crippen LogP contribution in [-0.2, 0) is 14.4 Å². The lowest BCUT2D eigenvalue weighted by atomic mass is 10.1. The van der Waals surface area contributed by atoms with Gasteiger partial charge in [-0.05, 0) is 37.5 Å². The number of nitrogens with one attached hydrogen (secondary N) is 1. The molecular formula is C16H18ClFN2O4. The highest BCUT2D eigenvalue weighted by Crippen LogP contribution is 2.25. The monoisotopic (exact) mass is 356 g/mol. The Morgan fingerprint density at radius 2 is 2.04 bits per heavy atom. The minimum Gasteiger partial charge on any atom is -0.481 e. The molecule has 0 aliphatic carbocycles. The number of anilines is 1. The van der Waals surface area contributed by atoms with Crippen molar-refractivity contribution < 1.29 is 23.9 Å². The van der Waals surface area contributed by atoms with Gasteiger partial charge < -0.3 is 15.3 Å². The minimum atomic E-state index is -0.896. The zero-order chi connectivity index (χ0) is 17.7. The molecule has 1 atom stereocenters. The molecule has 24 heavy (non-hydrogen) atoms. The van der Waals surface area contributed by atoms with Crippen molar-refractivity contribution in [2.75, 3.05) is 11.4 Å². The summed E-state index contributed by atoms with van der Waals surface area (Å²) in [6.45, 7) is 0.379. The van der Waals surface area contributed by atoms with E-state index in [-0.39, 0.29) is 29.7 Å². The summed E-state index contributed by atoms with van der Waals surface area (Å²) in [5.41, 5.74) is 0.403. The first-order valence-electron chi connectivity index (χ1n) is 7.66. The number of carboxylic acids is 1. The lowest BCUT2D eigenvalue weighted by Gasteiger charge is -2.17. The van der Waals surface area contributed by atoms with Gasteiger partial charge in [-0.3, -0.25) is 14.4 Å². The van der Waals surface area contributed by atoms with Crippen LogP contribution in [-0.4, -0.2) is 35.5 Å². The maximum Gasteiger partial charge on any atom is 0.303 e. The van der Waals surface area contributed by atoms with Crippen LogP contribution < -0.4 is 10.2 Å². The molecule has 1 aromatic carbocycles. The topological polar surface area (TPSA) is 86.7 Å². The first-order valence-corrected chi connectivity index (χ1v) is 8.04. The Balaban J connectivity index is 1.86. The maximum atomic E-state index is 13.5. The summed E-state index contributed by atoms with van der Waals surface area (Å²) >= 11 is 5.63. The Morgan fingerprint density at radius 3 is 2.71 bits per heavy atom. The van der Waals surface area contributed by atoms with Gasteiger partial charge in [0.1, 0.15) is 11.9 Å². The van der Waals surface area contributed by atoms with Crippen LogP contribution in [0.25, 0.3) is 0 Å². The van der Waals surface area contributed by atoms with E-state index in [0.717, 1.165) is 0 Å². The van der Waals surface area contributed by atoms with Gasteiger partial charge in [-0.15, -0.1) is 0 Å². The molecule has 8 heteroatoms. The molecule has 1 aromatic rings.